The van der Waals surface area contributed by atoms with Crippen LogP contribution >= 0.6 is 0 Å². The number of carbonyl (C=O) groups is 2. The lowest BCUT2D eigenvalue weighted by Crippen LogP contribution is -2.45. The molecule has 1 saturated heterocycles. The van der Waals surface area contributed by atoms with Crippen LogP contribution in [0.15, 0.2) is 59.5 Å². The Morgan fingerprint density at radius 2 is 1.88 bits per heavy atom. The second kappa shape index (κ2) is 7.29. The summed E-state index contributed by atoms with van der Waals surface area (Å²) in [6.07, 6.45) is 1.02. The van der Waals surface area contributed by atoms with Crippen LogP contribution in [0.25, 0.3) is 0 Å². The van der Waals surface area contributed by atoms with Crippen molar-refractivity contribution in [3.05, 3.63) is 60.2 Å². The molecule has 0 aromatic heterocycles. The Labute approximate surface area is 152 Å². The van der Waals surface area contributed by atoms with Crippen molar-refractivity contribution in [3.63, 3.8) is 0 Å². The molecular weight excluding hydrogens is 352 g/mol. The van der Waals surface area contributed by atoms with Crippen molar-refractivity contribution >= 4 is 27.5 Å². The first-order valence-electron chi connectivity index (χ1n) is 8.45. The van der Waals surface area contributed by atoms with E-state index >= 15 is 0 Å². The van der Waals surface area contributed by atoms with E-state index < -0.39 is 27.9 Å². The molecule has 3 rings (SSSR count). The summed E-state index contributed by atoms with van der Waals surface area (Å²) in [7, 11) is -4.06. The minimum absolute atomic E-state index is 0.000954. The Morgan fingerprint density at radius 3 is 2.58 bits per heavy atom. The summed E-state index contributed by atoms with van der Waals surface area (Å²) in [4.78, 5) is 24.9. The Balaban J connectivity index is 1.86. The van der Waals surface area contributed by atoms with E-state index in [-0.39, 0.29) is 17.7 Å². The second-order valence-electron chi connectivity index (χ2n) is 6.11. The van der Waals surface area contributed by atoms with Gasteiger partial charge in [-0.05, 0) is 42.7 Å². The van der Waals surface area contributed by atoms with E-state index in [1.54, 1.807) is 24.3 Å². The van der Waals surface area contributed by atoms with Crippen LogP contribution < -0.4 is 5.32 Å². The molecule has 2 aromatic rings. The van der Waals surface area contributed by atoms with Gasteiger partial charge >= 0.3 is 0 Å². The van der Waals surface area contributed by atoms with Gasteiger partial charge in [-0.2, -0.15) is 0 Å². The maximum absolute atomic E-state index is 12.8. The number of amides is 2. The van der Waals surface area contributed by atoms with Crippen LogP contribution in [-0.2, 0) is 26.0 Å². The first-order valence-corrected chi connectivity index (χ1v) is 9.89. The standard InChI is InChI=1S/C19H20N2O4S/c1-2-14-7-6-8-15(13-14)20-19(23)17-11-12-18(22)21(17)26(24,25)16-9-4-3-5-10-16/h3-10,13,17H,2,11-12H2,1H3,(H,20,23)/t17-/m1/s1. The van der Waals surface area contributed by atoms with E-state index in [9.17, 15) is 18.0 Å². The van der Waals surface area contributed by atoms with Crippen LogP contribution in [-0.4, -0.2) is 30.6 Å². The topological polar surface area (TPSA) is 83.6 Å². The third kappa shape index (κ3) is 3.48. The summed E-state index contributed by atoms with van der Waals surface area (Å²) in [5.41, 5.74) is 1.64. The summed E-state index contributed by atoms with van der Waals surface area (Å²) in [6.45, 7) is 2.00. The summed E-state index contributed by atoms with van der Waals surface area (Å²) in [5, 5.41) is 2.74. The van der Waals surface area contributed by atoms with E-state index in [0.717, 1.165) is 16.3 Å². The number of aryl methyl sites for hydroxylation is 1. The molecule has 0 saturated carbocycles. The number of nitrogens with one attached hydrogen (secondary N) is 1. The van der Waals surface area contributed by atoms with Crippen LogP contribution in [0.2, 0.25) is 0 Å². The van der Waals surface area contributed by atoms with Gasteiger partial charge in [-0.3, -0.25) is 9.59 Å². The molecule has 6 nitrogen and oxygen atoms in total. The van der Waals surface area contributed by atoms with Crippen LogP contribution in [0, 0.1) is 0 Å². The average Bonchev–Trinajstić information content (AvgIpc) is 3.05. The van der Waals surface area contributed by atoms with E-state index in [4.69, 9.17) is 0 Å². The molecule has 1 atom stereocenters. The van der Waals surface area contributed by atoms with Crippen LogP contribution in [0.4, 0.5) is 5.69 Å². The number of hydrogen-bond acceptors (Lipinski definition) is 4. The molecule has 1 aliphatic heterocycles. The highest BCUT2D eigenvalue weighted by Crippen LogP contribution is 2.28. The van der Waals surface area contributed by atoms with Crippen molar-refractivity contribution in [2.75, 3.05) is 5.32 Å². The number of benzene rings is 2. The molecule has 136 valence electrons. The van der Waals surface area contributed by atoms with Crippen molar-refractivity contribution in [3.8, 4) is 0 Å². The van der Waals surface area contributed by atoms with Gasteiger partial charge in [0.25, 0.3) is 10.0 Å². The molecule has 7 heteroatoms. The maximum atomic E-state index is 12.8. The van der Waals surface area contributed by atoms with Crippen molar-refractivity contribution in [1.82, 2.24) is 4.31 Å². The van der Waals surface area contributed by atoms with Gasteiger partial charge in [-0.15, -0.1) is 0 Å². The molecule has 1 aliphatic rings. The zero-order valence-electron chi connectivity index (χ0n) is 14.4. The lowest BCUT2D eigenvalue weighted by atomic mass is 10.1. The molecule has 1 fully saturated rings. The molecule has 1 N–H and O–H groups in total. The zero-order valence-corrected chi connectivity index (χ0v) is 15.2. The van der Waals surface area contributed by atoms with Crippen molar-refractivity contribution < 1.29 is 18.0 Å². The summed E-state index contributed by atoms with van der Waals surface area (Å²) in [5.74, 6) is -1.06. The van der Waals surface area contributed by atoms with Gasteiger partial charge in [0.1, 0.15) is 6.04 Å². The minimum Gasteiger partial charge on any atom is -0.324 e. The molecule has 0 radical (unpaired) electrons. The van der Waals surface area contributed by atoms with Crippen molar-refractivity contribution in [2.45, 2.75) is 37.1 Å². The number of carbonyl (C=O) groups excluding carboxylic acids is 2. The predicted molar refractivity (Wildman–Crippen MR) is 97.9 cm³/mol. The molecular formula is C19H20N2O4S. The van der Waals surface area contributed by atoms with Gasteiger partial charge in [-0.25, -0.2) is 12.7 Å². The quantitative estimate of drug-likeness (QED) is 0.874. The van der Waals surface area contributed by atoms with Crippen LogP contribution in [0.1, 0.15) is 25.3 Å². The second-order valence-corrected chi connectivity index (χ2v) is 7.92. The molecule has 2 amide bonds. The highest BCUT2D eigenvalue weighted by molar-refractivity contribution is 7.89. The fourth-order valence-electron chi connectivity index (χ4n) is 3.00. The predicted octanol–water partition coefficient (Wildman–Crippen LogP) is 2.57. The van der Waals surface area contributed by atoms with Crippen LogP contribution in [0.5, 0.6) is 0 Å². The molecule has 0 bridgehead atoms. The minimum atomic E-state index is -4.06. The van der Waals surface area contributed by atoms with E-state index in [0.29, 0.717) is 5.69 Å². The van der Waals surface area contributed by atoms with Crippen LogP contribution in [0.3, 0.4) is 0 Å². The summed E-state index contributed by atoms with van der Waals surface area (Å²) >= 11 is 0. The van der Waals surface area contributed by atoms with Gasteiger partial charge in [0.05, 0.1) is 4.90 Å². The van der Waals surface area contributed by atoms with Gasteiger partial charge in [0.2, 0.25) is 11.8 Å². The highest BCUT2D eigenvalue weighted by atomic mass is 32.2. The zero-order chi connectivity index (χ0) is 18.7. The number of rotatable bonds is 5. The normalized spacial score (nSPS) is 17.3. The average molecular weight is 372 g/mol. The van der Waals surface area contributed by atoms with Gasteiger partial charge in [0, 0.05) is 12.1 Å². The van der Waals surface area contributed by atoms with E-state index in [1.807, 2.05) is 25.1 Å². The number of nitrogens with zero attached hydrogens (tertiary/aromatic N) is 1. The SMILES string of the molecule is CCc1cccc(NC(=O)[C@H]2CCC(=O)N2S(=O)(=O)c2ccccc2)c1. The van der Waals surface area contributed by atoms with Gasteiger partial charge < -0.3 is 5.32 Å². The molecule has 0 spiro atoms. The molecule has 0 aliphatic carbocycles. The number of sulfonamides is 1. The molecule has 1 heterocycles. The lowest BCUT2D eigenvalue weighted by Gasteiger charge is -2.23. The third-order valence-corrected chi connectivity index (χ3v) is 6.21. The van der Waals surface area contributed by atoms with Gasteiger partial charge in [0.15, 0.2) is 0 Å². The maximum Gasteiger partial charge on any atom is 0.267 e. The summed E-state index contributed by atoms with van der Waals surface area (Å²) < 4.78 is 26.4. The number of anilines is 1. The van der Waals surface area contributed by atoms with E-state index in [2.05, 4.69) is 5.32 Å². The number of hydrogen-bond donors (Lipinski definition) is 1. The Kier molecular flexibility index (Phi) is 5.08. The van der Waals surface area contributed by atoms with Gasteiger partial charge in [-0.1, -0.05) is 37.3 Å². The van der Waals surface area contributed by atoms with Crippen molar-refractivity contribution in [2.24, 2.45) is 0 Å². The Bertz CT molecular complexity index is 926. The Hall–Kier alpha value is -2.67. The molecule has 2 aromatic carbocycles. The van der Waals surface area contributed by atoms with E-state index in [1.165, 1.54) is 12.1 Å². The monoisotopic (exact) mass is 372 g/mol. The first kappa shape index (κ1) is 18.1. The fourth-order valence-corrected chi connectivity index (χ4v) is 4.62. The fraction of sp³-hybridized carbons (Fsp3) is 0.263. The smallest absolute Gasteiger partial charge is 0.267 e. The highest BCUT2D eigenvalue weighted by Gasteiger charge is 2.44. The third-order valence-electron chi connectivity index (χ3n) is 4.37. The molecule has 26 heavy (non-hydrogen) atoms. The molecule has 0 unspecified atom stereocenters. The first-order chi connectivity index (χ1) is 12.4. The largest absolute Gasteiger partial charge is 0.324 e. The summed E-state index contributed by atoms with van der Waals surface area (Å²) in [6, 6.07) is 14.0. The lowest BCUT2D eigenvalue weighted by molar-refractivity contribution is -0.128. The Morgan fingerprint density at radius 1 is 1.15 bits per heavy atom. The van der Waals surface area contributed by atoms with Crippen molar-refractivity contribution in [1.29, 1.82) is 0 Å².